The maximum Gasteiger partial charge on any atom is 0.240 e. The summed E-state index contributed by atoms with van der Waals surface area (Å²) in [7, 11) is 0. The predicted molar refractivity (Wildman–Crippen MR) is 94.7 cm³/mol. The van der Waals surface area contributed by atoms with E-state index in [1.807, 2.05) is 16.8 Å². The van der Waals surface area contributed by atoms with E-state index in [-0.39, 0.29) is 0 Å². The zero-order valence-electron chi connectivity index (χ0n) is 13.4. The molecule has 0 unspecified atom stereocenters. The molecule has 1 aliphatic heterocycles. The molecule has 0 amide bonds. The molecule has 4 rings (SSSR count). The number of rotatable bonds is 6. The van der Waals surface area contributed by atoms with Crippen LogP contribution < -0.4 is 5.32 Å². The molecule has 0 bridgehead atoms. The fourth-order valence-corrected chi connectivity index (χ4v) is 3.65. The second-order valence-electron chi connectivity index (χ2n) is 6.00. The van der Waals surface area contributed by atoms with Crippen LogP contribution >= 0.6 is 11.3 Å². The molecule has 5 nitrogen and oxygen atoms in total. The van der Waals surface area contributed by atoms with Gasteiger partial charge in [0.25, 0.3) is 0 Å². The van der Waals surface area contributed by atoms with Crippen LogP contribution in [0.15, 0.2) is 45.6 Å². The molecule has 0 fully saturated rings. The Balaban J connectivity index is 1.23. The second kappa shape index (κ2) is 7.25. The third kappa shape index (κ3) is 3.56. The lowest BCUT2D eigenvalue weighted by Crippen LogP contribution is -2.36. The number of hydrogen-bond donors (Lipinski definition) is 1. The van der Waals surface area contributed by atoms with Gasteiger partial charge in [0.15, 0.2) is 0 Å². The van der Waals surface area contributed by atoms with Crippen LogP contribution in [0.3, 0.4) is 0 Å². The summed E-state index contributed by atoms with van der Waals surface area (Å²) in [6.07, 6.45) is 1.14. The number of fused-ring (bicyclic) bond motifs is 1. The third-order valence-electron chi connectivity index (χ3n) is 4.34. The lowest BCUT2D eigenvalue weighted by atomic mass is 10.00. The molecule has 2 aromatic heterocycles. The van der Waals surface area contributed by atoms with Gasteiger partial charge in [-0.1, -0.05) is 29.4 Å². The molecule has 1 N–H and O–H groups in total. The van der Waals surface area contributed by atoms with Crippen LogP contribution in [0.4, 0.5) is 0 Å². The van der Waals surface area contributed by atoms with E-state index in [1.165, 1.54) is 11.1 Å². The van der Waals surface area contributed by atoms with Gasteiger partial charge in [0.1, 0.15) is 0 Å². The van der Waals surface area contributed by atoms with Crippen molar-refractivity contribution in [1.82, 2.24) is 20.4 Å². The number of benzene rings is 1. The quantitative estimate of drug-likeness (QED) is 0.699. The van der Waals surface area contributed by atoms with E-state index >= 15 is 0 Å². The lowest BCUT2D eigenvalue weighted by molar-refractivity contribution is 0.251. The lowest BCUT2D eigenvalue weighted by Gasteiger charge is -2.28. The van der Waals surface area contributed by atoms with Gasteiger partial charge < -0.3 is 9.84 Å². The molecule has 24 heavy (non-hydrogen) atoms. The van der Waals surface area contributed by atoms with Gasteiger partial charge in [-0.2, -0.15) is 16.3 Å². The normalized spacial score (nSPS) is 14.7. The molecule has 0 saturated heterocycles. The fourth-order valence-electron chi connectivity index (χ4n) is 3.01. The zero-order chi connectivity index (χ0) is 16.2. The molecule has 1 aliphatic rings. The van der Waals surface area contributed by atoms with Crippen molar-refractivity contribution in [2.45, 2.75) is 19.5 Å². The highest BCUT2D eigenvalue weighted by molar-refractivity contribution is 7.08. The first-order valence-electron chi connectivity index (χ1n) is 8.23. The van der Waals surface area contributed by atoms with Gasteiger partial charge >= 0.3 is 0 Å². The standard InChI is InChI=1S/C18H20N4OS/c1-2-4-15-12-22(8-5-14(15)3-1)9-7-19-11-17-20-18(21-23-17)16-6-10-24-13-16/h1-4,6,10,13,19H,5,7-9,11-12H2. The maximum absolute atomic E-state index is 5.29. The Morgan fingerprint density at radius 2 is 2.12 bits per heavy atom. The van der Waals surface area contributed by atoms with Gasteiger partial charge in [-0.3, -0.25) is 4.90 Å². The Morgan fingerprint density at radius 1 is 1.21 bits per heavy atom. The Kier molecular flexibility index (Phi) is 4.69. The van der Waals surface area contributed by atoms with Crippen molar-refractivity contribution < 1.29 is 4.52 Å². The Hall–Kier alpha value is -2.02. The van der Waals surface area contributed by atoms with Gasteiger partial charge in [0.2, 0.25) is 11.7 Å². The van der Waals surface area contributed by atoms with E-state index in [1.54, 1.807) is 11.3 Å². The van der Waals surface area contributed by atoms with Crippen molar-refractivity contribution in [1.29, 1.82) is 0 Å². The summed E-state index contributed by atoms with van der Waals surface area (Å²) in [5.41, 5.74) is 3.97. The Labute approximate surface area is 145 Å². The minimum absolute atomic E-state index is 0.613. The Morgan fingerprint density at radius 3 is 3.00 bits per heavy atom. The van der Waals surface area contributed by atoms with Crippen molar-refractivity contribution in [2.24, 2.45) is 0 Å². The van der Waals surface area contributed by atoms with Crippen molar-refractivity contribution >= 4 is 11.3 Å². The van der Waals surface area contributed by atoms with Gasteiger partial charge in [-0.25, -0.2) is 0 Å². The van der Waals surface area contributed by atoms with E-state index in [0.717, 1.165) is 38.2 Å². The van der Waals surface area contributed by atoms with Crippen molar-refractivity contribution in [2.75, 3.05) is 19.6 Å². The summed E-state index contributed by atoms with van der Waals surface area (Å²) >= 11 is 1.63. The van der Waals surface area contributed by atoms with Crippen LogP contribution in [0.2, 0.25) is 0 Å². The van der Waals surface area contributed by atoms with Gasteiger partial charge in [0.05, 0.1) is 6.54 Å². The molecule has 0 radical (unpaired) electrons. The van der Waals surface area contributed by atoms with Crippen molar-refractivity contribution in [3.8, 4) is 11.4 Å². The number of aromatic nitrogens is 2. The minimum atomic E-state index is 0.613. The molecule has 124 valence electrons. The summed E-state index contributed by atoms with van der Waals surface area (Å²) in [6.45, 7) is 4.72. The number of nitrogens with one attached hydrogen (secondary N) is 1. The molecule has 0 aliphatic carbocycles. The van der Waals surface area contributed by atoms with E-state index in [0.29, 0.717) is 18.3 Å². The average Bonchev–Trinajstić information content (AvgIpc) is 3.30. The monoisotopic (exact) mass is 340 g/mol. The van der Waals surface area contributed by atoms with E-state index in [4.69, 9.17) is 4.52 Å². The average molecular weight is 340 g/mol. The summed E-state index contributed by atoms with van der Waals surface area (Å²) in [4.78, 5) is 6.91. The summed E-state index contributed by atoms with van der Waals surface area (Å²) in [5, 5.41) is 11.5. The van der Waals surface area contributed by atoms with Crippen LogP contribution in [0.1, 0.15) is 17.0 Å². The van der Waals surface area contributed by atoms with Gasteiger partial charge in [-0.05, 0) is 29.0 Å². The van der Waals surface area contributed by atoms with Crippen LogP contribution in [-0.2, 0) is 19.5 Å². The fraction of sp³-hybridized carbons (Fsp3) is 0.333. The van der Waals surface area contributed by atoms with Crippen molar-refractivity contribution in [3.05, 3.63) is 58.1 Å². The summed E-state index contributed by atoms with van der Waals surface area (Å²) < 4.78 is 5.29. The predicted octanol–water partition coefficient (Wildman–Crippen LogP) is 2.95. The molecular weight excluding hydrogens is 320 g/mol. The first kappa shape index (κ1) is 15.5. The Bertz CT molecular complexity index is 784. The maximum atomic E-state index is 5.29. The minimum Gasteiger partial charge on any atom is -0.338 e. The van der Waals surface area contributed by atoms with Crippen LogP contribution in [-0.4, -0.2) is 34.7 Å². The third-order valence-corrected chi connectivity index (χ3v) is 5.02. The smallest absolute Gasteiger partial charge is 0.240 e. The molecule has 3 aromatic rings. The second-order valence-corrected chi connectivity index (χ2v) is 6.78. The molecule has 0 spiro atoms. The summed E-state index contributed by atoms with van der Waals surface area (Å²) in [5.74, 6) is 1.31. The molecule has 1 aromatic carbocycles. The molecule has 0 atom stereocenters. The van der Waals surface area contributed by atoms with E-state index < -0.39 is 0 Å². The van der Waals surface area contributed by atoms with E-state index in [9.17, 15) is 0 Å². The largest absolute Gasteiger partial charge is 0.338 e. The molecule has 0 saturated carbocycles. The highest BCUT2D eigenvalue weighted by atomic mass is 32.1. The van der Waals surface area contributed by atoms with Crippen molar-refractivity contribution in [3.63, 3.8) is 0 Å². The number of thiophene rings is 1. The number of hydrogen-bond acceptors (Lipinski definition) is 6. The molecule has 6 heteroatoms. The SMILES string of the molecule is c1ccc2c(c1)CCN(CCNCc1nc(-c3ccsc3)no1)C2. The first-order valence-corrected chi connectivity index (χ1v) is 9.18. The highest BCUT2D eigenvalue weighted by Crippen LogP contribution is 2.19. The van der Waals surface area contributed by atoms with E-state index in [2.05, 4.69) is 44.6 Å². The van der Waals surface area contributed by atoms with Gasteiger partial charge in [0, 0.05) is 37.1 Å². The van der Waals surface area contributed by atoms with Crippen LogP contribution in [0.25, 0.3) is 11.4 Å². The van der Waals surface area contributed by atoms with Gasteiger partial charge in [-0.15, -0.1) is 0 Å². The zero-order valence-corrected chi connectivity index (χ0v) is 14.3. The number of nitrogens with zero attached hydrogens (tertiary/aromatic N) is 3. The first-order chi connectivity index (χ1) is 11.9. The summed E-state index contributed by atoms with van der Waals surface area (Å²) in [6, 6.07) is 10.7. The van der Waals surface area contributed by atoms with Crippen LogP contribution in [0.5, 0.6) is 0 Å². The van der Waals surface area contributed by atoms with Crippen LogP contribution in [0, 0.1) is 0 Å². The highest BCUT2D eigenvalue weighted by Gasteiger charge is 2.15. The molecule has 3 heterocycles. The molecular formula is C18H20N4OS. The topological polar surface area (TPSA) is 54.2 Å².